The average Bonchev–Trinajstić information content (AvgIpc) is 2.91. The first-order chi connectivity index (χ1) is 17.9. The molecular weight excluding hydrogens is 505 g/mol. The molecule has 0 aromatic heterocycles. The molecular formula is C28H35F3O7. The molecule has 1 aliphatic heterocycles. The summed E-state index contributed by atoms with van der Waals surface area (Å²) >= 11 is 0. The molecule has 0 spiro atoms. The molecule has 1 heterocycles. The molecule has 1 unspecified atom stereocenters. The normalized spacial score (nSPS) is 30.7. The first kappa shape index (κ1) is 28.8. The number of halogens is 3. The molecule has 0 amide bonds. The Labute approximate surface area is 219 Å². The summed E-state index contributed by atoms with van der Waals surface area (Å²) in [7, 11) is 1.24. The summed E-state index contributed by atoms with van der Waals surface area (Å²) in [5.41, 5.74) is 0.919. The van der Waals surface area contributed by atoms with Crippen LogP contribution in [0.15, 0.2) is 42.5 Å². The maximum Gasteiger partial charge on any atom is 0.248 e. The first-order valence-corrected chi connectivity index (χ1v) is 12.7. The SMILES string of the molecule is COC1(c2ccc(F)c(Cc3ccc(OCC4(C)CCC(F)(F)CC4)cc3)c2)O[C@H](CO)[C@@H](O)[C@H](O)[C@H]1O. The van der Waals surface area contributed by atoms with E-state index >= 15 is 0 Å². The van der Waals surface area contributed by atoms with Crippen LogP contribution >= 0.6 is 0 Å². The van der Waals surface area contributed by atoms with Gasteiger partial charge in [0, 0.05) is 37.4 Å². The van der Waals surface area contributed by atoms with Crippen LogP contribution in [0.4, 0.5) is 13.2 Å². The van der Waals surface area contributed by atoms with Crippen LogP contribution in [0.5, 0.6) is 5.75 Å². The van der Waals surface area contributed by atoms with Gasteiger partial charge in [0.1, 0.15) is 36.0 Å². The van der Waals surface area contributed by atoms with Crippen LogP contribution in [-0.4, -0.2) is 71.1 Å². The standard InChI is InChI=1S/C28H35F3O7/c1-26(9-11-27(30,31)12-10-26)16-37-20-6-3-17(4-7-20)13-18-14-19(5-8-21(18)29)28(36-2)25(35)24(34)23(33)22(15-32)38-28/h3-8,14,22-25,32-35H,9-13,15-16H2,1-2H3/t22-,23-,24+,25-,28?/m1/s1. The fourth-order valence-corrected chi connectivity index (χ4v) is 5.14. The van der Waals surface area contributed by atoms with E-state index in [1.165, 1.54) is 25.3 Å². The second-order valence-electron chi connectivity index (χ2n) is 10.7. The van der Waals surface area contributed by atoms with Gasteiger partial charge < -0.3 is 34.6 Å². The Bertz CT molecular complexity index is 1080. The monoisotopic (exact) mass is 540 g/mol. The fraction of sp³-hybridized carbons (Fsp3) is 0.571. The molecule has 1 saturated heterocycles. The van der Waals surface area contributed by atoms with E-state index in [4.69, 9.17) is 14.2 Å². The summed E-state index contributed by atoms with van der Waals surface area (Å²) in [6, 6.07) is 11.0. The Kier molecular flexibility index (Phi) is 8.42. The minimum atomic E-state index is -2.60. The van der Waals surface area contributed by atoms with Crippen LogP contribution in [0.2, 0.25) is 0 Å². The van der Waals surface area contributed by atoms with E-state index in [1.54, 1.807) is 24.3 Å². The molecule has 5 atom stereocenters. The van der Waals surface area contributed by atoms with E-state index in [2.05, 4.69) is 0 Å². The van der Waals surface area contributed by atoms with Gasteiger partial charge in [0.25, 0.3) is 0 Å². The predicted molar refractivity (Wildman–Crippen MR) is 131 cm³/mol. The molecule has 38 heavy (non-hydrogen) atoms. The Morgan fingerprint density at radius 1 is 0.974 bits per heavy atom. The van der Waals surface area contributed by atoms with Crippen molar-refractivity contribution < 1.29 is 47.8 Å². The van der Waals surface area contributed by atoms with E-state index in [-0.39, 0.29) is 35.8 Å². The zero-order valence-electron chi connectivity index (χ0n) is 21.4. The molecule has 4 N–H and O–H groups in total. The van der Waals surface area contributed by atoms with Crippen LogP contribution in [-0.2, 0) is 21.7 Å². The molecule has 10 heteroatoms. The minimum absolute atomic E-state index is 0.136. The van der Waals surface area contributed by atoms with Crippen LogP contribution in [0.1, 0.15) is 49.3 Å². The lowest BCUT2D eigenvalue weighted by Gasteiger charge is -2.47. The van der Waals surface area contributed by atoms with Crippen molar-refractivity contribution in [2.45, 2.75) is 75.2 Å². The highest BCUT2D eigenvalue weighted by molar-refractivity contribution is 5.36. The predicted octanol–water partition coefficient (Wildman–Crippen LogP) is 3.28. The van der Waals surface area contributed by atoms with Gasteiger partial charge in [-0.15, -0.1) is 0 Å². The highest BCUT2D eigenvalue weighted by atomic mass is 19.3. The van der Waals surface area contributed by atoms with E-state index in [1.807, 2.05) is 6.92 Å². The Hall–Kier alpha value is -2.21. The van der Waals surface area contributed by atoms with Gasteiger partial charge in [-0.05, 0) is 48.2 Å². The smallest absolute Gasteiger partial charge is 0.248 e. The minimum Gasteiger partial charge on any atom is -0.493 e. The Morgan fingerprint density at radius 2 is 1.63 bits per heavy atom. The molecule has 210 valence electrons. The molecule has 0 bridgehead atoms. The molecule has 0 radical (unpaired) electrons. The summed E-state index contributed by atoms with van der Waals surface area (Å²) < 4.78 is 58.8. The van der Waals surface area contributed by atoms with Crippen molar-refractivity contribution in [2.24, 2.45) is 5.41 Å². The van der Waals surface area contributed by atoms with Crippen molar-refractivity contribution >= 4 is 0 Å². The van der Waals surface area contributed by atoms with Gasteiger partial charge in [-0.25, -0.2) is 13.2 Å². The summed E-state index contributed by atoms with van der Waals surface area (Å²) in [5, 5.41) is 40.7. The average molecular weight is 541 g/mol. The largest absolute Gasteiger partial charge is 0.493 e. The number of alkyl halides is 2. The molecule has 4 rings (SSSR count). The van der Waals surface area contributed by atoms with Gasteiger partial charge >= 0.3 is 0 Å². The van der Waals surface area contributed by atoms with Crippen molar-refractivity contribution in [2.75, 3.05) is 20.3 Å². The van der Waals surface area contributed by atoms with E-state index < -0.39 is 48.5 Å². The van der Waals surface area contributed by atoms with Crippen molar-refractivity contribution in [3.05, 3.63) is 65.0 Å². The number of hydrogen-bond donors (Lipinski definition) is 4. The molecule has 2 fully saturated rings. The molecule has 2 aliphatic rings. The Balaban J connectivity index is 1.47. The number of benzene rings is 2. The quantitative estimate of drug-likeness (QED) is 0.407. The lowest BCUT2D eigenvalue weighted by atomic mass is 9.75. The second-order valence-corrected chi connectivity index (χ2v) is 10.7. The number of ether oxygens (including phenoxy) is 3. The van der Waals surface area contributed by atoms with E-state index in [0.717, 1.165) is 5.56 Å². The number of aliphatic hydroxyl groups is 4. The summed E-state index contributed by atoms with van der Waals surface area (Å²) in [4.78, 5) is 0. The van der Waals surface area contributed by atoms with Gasteiger partial charge in [0.15, 0.2) is 0 Å². The second kappa shape index (κ2) is 11.1. The van der Waals surface area contributed by atoms with Crippen molar-refractivity contribution in [3.63, 3.8) is 0 Å². The van der Waals surface area contributed by atoms with Gasteiger partial charge in [-0.2, -0.15) is 0 Å². The summed E-state index contributed by atoms with van der Waals surface area (Å²) in [5.74, 6) is -4.46. The van der Waals surface area contributed by atoms with Crippen molar-refractivity contribution in [1.82, 2.24) is 0 Å². The highest BCUT2D eigenvalue weighted by Crippen LogP contribution is 2.44. The highest BCUT2D eigenvalue weighted by Gasteiger charge is 2.55. The molecule has 1 saturated carbocycles. The zero-order chi connectivity index (χ0) is 27.7. The third-order valence-corrected chi connectivity index (χ3v) is 7.80. The summed E-state index contributed by atoms with van der Waals surface area (Å²) in [6.07, 6.45) is -5.47. The maximum atomic E-state index is 14.8. The number of hydrogen-bond acceptors (Lipinski definition) is 7. The number of rotatable bonds is 8. The molecule has 2 aromatic carbocycles. The Morgan fingerprint density at radius 3 is 2.24 bits per heavy atom. The molecule has 2 aromatic rings. The summed E-state index contributed by atoms with van der Waals surface area (Å²) in [6.45, 7) is 1.65. The van der Waals surface area contributed by atoms with Crippen molar-refractivity contribution in [3.8, 4) is 5.75 Å². The van der Waals surface area contributed by atoms with E-state index in [9.17, 15) is 33.6 Å². The van der Waals surface area contributed by atoms with E-state index in [0.29, 0.717) is 25.2 Å². The van der Waals surface area contributed by atoms with Crippen LogP contribution < -0.4 is 4.74 Å². The van der Waals surface area contributed by atoms with Crippen LogP contribution in [0.25, 0.3) is 0 Å². The van der Waals surface area contributed by atoms with Crippen LogP contribution in [0, 0.1) is 11.2 Å². The lowest BCUT2D eigenvalue weighted by Crippen LogP contribution is -2.64. The van der Waals surface area contributed by atoms with Gasteiger partial charge in [0.2, 0.25) is 11.7 Å². The van der Waals surface area contributed by atoms with Crippen LogP contribution in [0.3, 0.4) is 0 Å². The van der Waals surface area contributed by atoms with Gasteiger partial charge in [-0.1, -0.05) is 25.1 Å². The van der Waals surface area contributed by atoms with Gasteiger partial charge in [-0.3, -0.25) is 0 Å². The number of methoxy groups -OCH3 is 1. The maximum absolute atomic E-state index is 14.8. The zero-order valence-corrected chi connectivity index (χ0v) is 21.4. The third kappa shape index (κ3) is 5.85. The van der Waals surface area contributed by atoms with Crippen molar-refractivity contribution in [1.29, 1.82) is 0 Å². The third-order valence-electron chi connectivity index (χ3n) is 7.80. The first-order valence-electron chi connectivity index (χ1n) is 12.7. The topological polar surface area (TPSA) is 109 Å². The fourth-order valence-electron chi connectivity index (χ4n) is 5.14. The lowest BCUT2D eigenvalue weighted by molar-refractivity contribution is -0.366. The molecule has 7 nitrogen and oxygen atoms in total. The molecule has 1 aliphatic carbocycles. The van der Waals surface area contributed by atoms with Gasteiger partial charge in [0.05, 0.1) is 13.2 Å². The number of aliphatic hydroxyl groups excluding tert-OH is 4.